The van der Waals surface area contributed by atoms with Crippen molar-refractivity contribution >= 4 is 5.91 Å². The number of nitrogens with one attached hydrogen (secondary N) is 2. The van der Waals surface area contributed by atoms with E-state index in [0.717, 1.165) is 30.6 Å². The van der Waals surface area contributed by atoms with Crippen LogP contribution in [0.2, 0.25) is 0 Å². The maximum Gasteiger partial charge on any atom is 0.270 e. The Morgan fingerprint density at radius 1 is 1.43 bits per heavy atom. The number of aromatic nitrogens is 3. The zero-order chi connectivity index (χ0) is 14.8. The van der Waals surface area contributed by atoms with Gasteiger partial charge >= 0.3 is 0 Å². The van der Waals surface area contributed by atoms with E-state index in [1.807, 2.05) is 13.1 Å². The number of rotatable bonds is 2. The van der Waals surface area contributed by atoms with Gasteiger partial charge in [0, 0.05) is 30.8 Å². The molecule has 3 heterocycles. The van der Waals surface area contributed by atoms with E-state index >= 15 is 0 Å². The second kappa shape index (κ2) is 5.55. The minimum Gasteiger partial charge on any atom is -0.337 e. The predicted molar refractivity (Wildman–Crippen MR) is 78.3 cm³/mol. The molecule has 110 valence electrons. The molecule has 2 N–H and O–H groups in total. The second-order valence-electron chi connectivity index (χ2n) is 5.49. The maximum absolute atomic E-state index is 12.5. The van der Waals surface area contributed by atoms with Gasteiger partial charge in [-0.05, 0) is 31.4 Å². The van der Waals surface area contributed by atoms with Gasteiger partial charge in [-0.25, -0.2) is 0 Å². The van der Waals surface area contributed by atoms with Gasteiger partial charge in [0.2, 0.25) is 5.56 Å². The van der Waals surface area contributed by atoms with Crippen LogP contribution in [-0.4, -0.2) is 39.1 Å². The molecule has 3 rings (SSSR count). The molecule has 0 spiro atoms. The Hall–Kier alpha value is -2.37. The van der Waals surface area contributed by atoms with Gasteiger partial charge < -0.3 is 9.88 Å². The fourth-order valence-corrected chi connectivity index (χ4v) is 2.91. The number of hydrogen-bond donors (Lipinski definition) is 2. The number of carbonyl (C=O) groups is 1. The van der Waals surface area contributed by atoms with Crippen LogP contribution in [0.5, 0.6) is 0 Å². The Bertz CT molecular complexity index is 703. The van der Waals surface area contributed by atoms with Gasteiger partial charge in [0.1, 0.15) is 5.69 Å². The number of carbonyl (C=O) groups excluding carboxylic acids is 1. The largest absolute Gasteiger partial charge is 0.337 e. The Balaban J connectivity index is 1.78. The van der Waals surface area contributed by atoms with Gasteiger partial charge in [0.05, 0.1) is 6.20 Å². The van der Waals surface area contributed by atoms with Crippen LogP contribution < -0.4 is 5.56 Å². The number of aryl methyl sites for hydroxylation is 1. The first-order chi connectivity index (χ1) is 10.1. The van der Waals surface area contributed by atoms with Gasteiger partial charge in [0.15, 0.2) is 0 Å². The summed E-state index contributed by atoms with van der Waals surface area (Å²) in [5.41, 5.74) is 2.33. The van der Waals surface area contributed by atoms with Crippen LogP contribution in [0.15, 0.2) is 29.2 Å². The van der Waals surface area contributed by atoms with E-state index in [2.05, 4.69) is 15.2 Å². The molecule has 1 aliphatic heterocycles. The van der Waals surface area contributed by atoms with E-state index in [1.54, 1.807) is 17.0 Å². The minimum absolute atomic E-state index is 0.116. The van der Waals surface area contributed by atoms with Crippen LogP contribution in [0.25, 0.3) is 0 Å². The highest BCUT2D eigenvalue weighted by Crippen LogP contribution is 2.27. The molecule has 0 aliphatic carbocycles. The summed E-state index contributed by atoms with van der Waals surface area (Å²) in [6.07, 6.45) is 3.80. The molecule has 2 aromatic heterocycles. The van der Waals surface area contributed by atoms with Gasteiger partial charge in [-0.15, -0.1) is 0 Å². The lowest BCUT2D eigenvalue weighted by Crippen LogP contribution is -2.40. The molecule has 1 atom stereocenters. The third kappa shape index (κ3) is 2.74. The van der Waals surface area contributed by atoms with E-state index in [1.165, 1.54) is 6.07 Å². The zero-order valence-electron chi connectivity index (χ0n) is 11.9. The van der Waals surface area contributed by atoms with Crippen LogP contribution >= 0.6 is 0 Å². The molecule has 6 nitrogen and oxygen atoms in total. The summed E-state index contributed by atoms with van der Waals surface area (Å²) < 4.78 is 0. The van der Waals surface area contributed by atoms with Crippen LogP contribution in [0.3, 0.4) is 0 Å². The predicted octanol–water partition coefficient (Wildman–Crippen LogP) is 1.43. The third-order valence-corrected chi connectivity index (χ3v) is 3.98. The number of piperidine rings is 1. The lowest BCUT2D eigenvalue weighted by atomic mass is 9.93. The summed E-state index contributed by atoms with van der Waals surface area (Å²) in [6.45, 7) is 3.40. The highest BCUT2D eigenvalue weighted by Gasteiger charge is 2.27. The number of likely N-dealkylation sites (tertiary alicyclic amines) is 1. The molecule has 0 saturated carbocycles. The Morgan fingerprint density at radius 3 is 3.00 bits per heavy atom. The topological polar surface area (TPSA) is 81.8 Å². The summed E-state index contributed by atoms with van der Waals surface area (Å²) in [6, 6.07) is 4.66. The summed E-state index contributed by atoms with van der Waals surface area (Å²) in [4.78, 5) is 28.2. The highest BCUT2D eigenvalue weighted by atomic mass is 16.2. The average molecular weight is 286 g/mol. The van der Waals surface area contributed by atoms with E-state index < -0.39 is 0 Å². The molecule has 1 saturated heterocycles. The number of nitrogens with zero attached hydrogens (tertiary/aromatic N) is 2. The van der Waals surface area contributed by atoms with E-state index in [0.29, 0.717) is 12.2 Å². The normalized spacial score (nSPS) is 18.7. The van der Waals surface area contributed by atoms with Crippen LogP contribution in [0.1, 0.15) is 40.5 Å². The summed E-state index contributed by atoms with van der Waals surface area (Å²) in [7, 11) is 0. The number of pyridine rings is 1. The first kappa shape index (κ1) is 13.6. The van der Waals surface area contributed by atoms with Crippen molar-refractivity contribution in [2.45, 2.75) is 25.7 Å². The first-order valence-electron chi connectivity index (χ1n) is 7.13. The van der Waals surface area contributed by atoms with E-state index in [-0.39, 0.29) is 17.4 Å². The molecule has 1 aliphatic rings. The number of amides is 1. The lowest BCUT2D eigenvalue weighted by Gasteiger charge is -2.32. The van der Waals surface area contributed by atoms with Crippen molar-refractivity contribution in [3.63, 3.8) is 0 Å². The molecule has 0 radical (unpaired) electrons. The lowest BCUT2D eigenvalue weighted by molar-refractivity contribution is 0.0699. The van der Waals surface area contributed by atoms with Crippen molar-refractivity contribution < 1.29 is 4.79 Å². The van der Waals surface area contributed by atoms with Crippen molar-refractivity contribution in [3.05, 3.63) is 51.7 Å². The first-order valence-corrected chi connectivity index (χ1v) is 7.13. The number of hydrogen-bond acceptors (Lipinski definition) is 3. The SMILES string of the molecule is Cc1cn[nH]c1[C@H]1CCCN(C(=O)c2cccc(=O)[nH]2)C1. The van der Waals surface area contributed by atoms with Gasteiger partial charge in [0.25, 0.3) is 5.91 Å². The number of H-pyrrole nitrogens is 2. The van der Waals surface area contributed by atoms with Crippen molar-refractivity contribution in [2.75, 3.05) is 13.1 Å². The van der Waals surface area contributed by atoms with E-state index in [4.69, 9.17) is 0 Å². The van der Waals surface area contributed by atoms with Crippen molar-refractivity contribution in [3.8, 4) is 0 Å². The number of aromatic amines is 2. The van der Waals surface area contributed by atoms with Crippen molar-refractivity contribution in [2.24, 2.45) is 0 Å². The molecule has 6 heteroatoms. The van der Waals surface area contributed by atoms with Gasteiger partial charge in [-0.1, -0.05) is 6.07 Å². The second-order valence-corrected chi connectivity index (χ2v) is 5.49. The Kier molecular flexibility index (Phi) is 3.60. The zero-order valence-corrected chi connectivity index (χ0v) is 11.9. The molecule has 1 amide bonds. The molecular weight excluding hydrogens is 268 g/mol. The fraction of sp³-hybridized carbons (Fsp3) is 0.400. The van der Waals surface area contributed by atoms with Crippen LogP contribution in [0, 0.1) is 6.92 Å². The molecule has 0 aromatic carbocycles. The fourth-order valence-electron chi connectivity index (χ4n) is 2.91. The monoisotopic (exact) mass is 286 g/mol. The van der Waals surface area contributed by atoms with Crippen LogP contribution in [-0.2, 0) is 0 Å². The minimum atomic E-state index is -0.251. The molecule has 21 heavy (non-hydrogen) atoms. The summed E-state index contributed by atoms with van der Waals surface area (Å²) in [5.74, 6) is 0.162. The van der Waals surface area contributed by atoms with E-state index in [9.17, 15) is 9.59 Å². The molecule has 0 bridgehead atoms. The summed E-state index contributed by atoms with van der Waals surface area (Å²) in [5, 5.41) is 7.10. The maximum atomic E-state index is 12.5. The van der Waals surface area contributed by atoms with Crippen molar-refractivity contribution in [1.29, 1.82) is 0 Å². The Labute approximate surface area is 122 Å². The van der Waals surface area contributed by atoms with Gasteiger partial charge in [-0.3, -0.25) is 14.7 Å². The quantitative estimate of drug-likeness (QED) is 0.876. The third-order valence-electron chi connectivity index (χ3n) is 3.98. The Morgan fingerprint density at radius 2 is 2.29 bits per heavy atom. The van der Waals surface area contributed by atoms with Crippen molar-refractivity contribution in [1.82, 2.24) is 20.1 Å². The van der Waals surface area contributed by atoms with Gasteiger partial charge in [-0.2, -0.15) is 5.10 Å². The molecule has 1 fully saturated rings. The average Bonchev–Trinajstić information content (AvgIpc) is 2.93. The molecule has 2 aromatic rings. The highest BCUT2D eigenvalue weighted by molar-refractivity contribution is 5.92. The standard InChI is InChI=1S/C15H18N4O2/c1-10-8-16-18-14(10)11-4-3-7-19(9-11)15(21)12-5-2-6-13(20)17-12/h2,5-6,8,11H,3-4,7,9H2,1H3,(H,16,18)(H,17,20)/t11-/m0/s1. The molecular formula is C15H18N4O2. The summed E-state index contributed by atoms with van der Waals surface area (Å²) >= 11 is 0. The smallest absolute Gasteiger partial charge is 0.270 e. The molecule has 0 unspecified atom stereocenters. The van der Waals surface area contributed by atoms with Crippen LogP contribution in [0.4, 0.5) is 0 Å².